The molecule has 2 rings (SSSR count). The van der Waals surface area contributed by atoms with Crippen LogP contribution in [-0.4, -0.2) is 11.0 Å². The molecule has 2 N–H and O–H groups in total. The van der Waals surface area contributed by atoms with Gasteiger partial charge in [-0.05, 0) is 43.2 Å². The van der Waals surface area contributed by atoms with Gasteiger partial charge < -0.3 is 10.5 Å². The molecule has 0 radical (unpaired) electrons. The van der Waals surface area contributed by atoms with Crippen molar-refractivity contribution in [2.45, 2.75) is 25.6 Å². The Kier molecular flexibility index (Phi) is 4.47. The minimum Gasteiger partial charge on any atom is -0.456 e. The van der Waals surface area contributed by atoms with Gasteiger partial charge in [0, 0.05) is 12.2 Å². The van der Waals surface area contributed by atoms with Crippen LogP contribution in [-0.2, 0) is 12.6 Å². The number of benzene rings is 1. The summed E-state index contributed by atoms with van der Waals surface area (Å²) < 4.78 is 44.7. The van der Waals surface area contributed by atoms with Crippen molar-refractivity contribution in [3.05, 3.63) is 53.9 Å². The summed E-state index contributed by atoms with van der Waals surface area (Å²) in [4.78, 5) is 3.85. The summed E-state index contributed by atoms with van der Waals surface area (Å²) in [7, 11) is 0. The summed E-state index contributed by atoms with van der Waals surface area (Å²) in [6, 6.07) is 6.81. The predicted molar refractivity (Wildman–Crippen MR) is 73.1 cm³/mol. The minimum absolute atomic E-state index is 0.115. The van der Waals surface area contributed by atoms with Crippen LogP contribution in [0.15, 0.2) is 42.7 Å². The number of hydrogen-bond donors (Lipinski definition) is 1. The molecule has 1 atom stereocenters. The summed E-state index contributed by atoms with van der Waals surface area (Å²) in [5.74, 6) is 0.495. The van der Waals surface area contributed by atoms with Crippen LogP contribution in [0.25, 0.3) is 0 Å². The van der Waals surface area contributed by atoms with Crippen LogP contribution in [0.5, 0.6) is 11.5 Å². The molecule has 0 fully saturated rings. The lowest BCUT2D eigenvalue weighted by atomic mass is 10.0. The monoisotopic (exact) mass is 296 g/mol. The molecule has 2 aromatic rings. The highest BCUT2D eigenvalue weighted by Gasteiger charge is 2.33. The third kappa shape index (κ3) is 4.19. The third-order valence-corrected chi connectivity index (χ3v) is 2.80. The van der Waals surface area contributed by atoms with E-state index in [-0.39, 0.29) is 23.8 Å². The van der Waals surface area contributed by atoms with E-state index >= 15 is 0 Å². The van der Waals surface area contributed by atoms with E-state index in [0.29, 0.717) is 5.75 Å². The fourth-order valence-electron chi connectivity index (χ4n) is 1.95. The Labute approximate surface area is 120 Å². The van der Waals surface area contributed by atoms with Gasteiger partial charge in [0.15, 0.2) is 0 Å². The molecule has 1 unspecified atom stereocenters. The van der Waals surface area contributed by atoms with E-state index in [1.807, 2.05) is 0 Å². The average Bonchev–Trinajstić information content (AvgIpc) is 2.40. The standard InChI is InChI=1S/C15H15F3N2O/c1-10(19)7-11-4-5-12(8-14(11)15(16,17)18)21-13-3-2-6-20-9-13/h2-6,8-10H,7,19H2,1H3. The SMILES string of the molecule is CC(N)Cc1ccc(Oc2cccnc2)cc1C(F)(F)F. The van der Waals surface area contributed by atoms with E-state index in [1.54, 1.807) is 25.3 Å². The fraction of sp³-hybridized carbons (Fsp3) is 0.267. The molecule has 0 spiro atoms. The van der Waals surface area contributed by atoms with Crippen LogP contribution in [0.2, 0.25) is 0 Å². The summed E-state index contributed by atoms with van der Waals surface area (Å²) in [5.41, 5.74) is 5.03. The average molecular weight is 296 g/mol. The Morgan fingerprint density at radius 2 is 2.00 bits per heavy atom. The Hall–Kier alpha value is -2.08. The van der Waals surface area contributed by atoms with Gasteiger partial charge in [-0.25, -0.2) is 0 Å². The molecule has 6 heteroatoms. The molecule has 0 saturated heterocycles. The number of ether oxygens (including phenoxy) is 1. The molecule has 0 aliphatic rings. The van der Waals surface area contributed by atoms with Crippen molar-refractivity contribution >= 4 is 0 Å². The molecule has 21 heavy (non-hydrogen) atoms. The number of rotatable bonds is 4. The number of aromatic nitrogens is 1. The summed E-state index contributed by atoms with van der Waals surface area (Å²) in [5, 5.41) is 0. The second-order valence-corrected chi connectivity index (χ2v) is 4.79. The number of nitrogens with two attached hydrogens (primary N) is 1. The molecule has 0 aliphatic heterocycles. The molecule has 3 nitrogen and oxygen atoms in total. The molecular formula is C15H15F3N2O. The number of alkyl halides is 3. The molecule has 1 aromatic heterocycles. The van der Waals surface area contributed by atoms with Gasteiger partial charge in [0.25, 0.3) is 0 Å². The number of hydrogen-bond acceptors (Lipinski definition) is 3. The van der Waals surface area contributed by atoms with E-state index in [0.717, 1.165) is 6.07 Å². The van der Waals surface area contributed by atoms with E-state index < -0.39 is 11.7 Å². The second-order valence-electron chi connectivity index (χ2n) is 4.79. The highest BCUT2D eigenvalue weighted by Crippen LogP contribution is 2.35. The van der Waals surface area contributed by atoms with Crippen molar-refractivity contribution in [1.29, 1.82) is 0 Å². The molecule has 112 valence electrons. The summed E-state index contributed by atoms with van der Waals surface area (Å²) in [6.45, 7) is 1.67. The molecular weight excluding hydrogens is 281 g/mol. The molecule has 0 bridgehead atoms. The van der Waals surface area contributed by atoms with Crippen molar-refractivity contribution < 1.29 is 17.9 Å². The van der Waals surface area contributed by atoms with E-state index in [4.69, 9.17) is 10.5 Å². The highest BCUT2D eigenvalue weighted by molar-refractivity contribution is 5.40. The molecule has 0 aliphatic carbocycles. The quantitative estimate of drug-likeness (QED) is 0.934. The van der Waals surface area contributed by atoms with Gasteiger partial charge in [-0.1, -0.05) is 6.07 Å². The van der Waals surface area contributed by atoms with Gasteiger partial charge in [-0.3, -0.25) is 4.98 Å². The Morgan fingerprint density at radius 1 is 1.24 bits per heavy atom. The van der Waals surface area contributed by atoms with Crippen molar-refractivity contribution in [2.24, 2.45) is 5.73 Å². The van der Waals surface area contributed by atoms with Gasteiger partial charge in [-0.15, -0.1) is 0 Å². The first kappa shape index (κ1) is 15.3. The van der Waals surface area contributed by atoms with Crippen molar-refractivity contribution in [3.8, 4) is 11.5 Å². The van der Waals surface area contributed by atoms with Gasteiger partial charge in [0.05, 0.1) is 11.8 Å². The molecule has 1 aromatic carbocycles. The van der Waals surface area contributed by atoms with Crippen LogP contribution >= 0.6 is 0 Å². The van der Waals surface area contributed by atoms with Gasteiger partial charge in [0.1, 0.15) is 11.5 Å². The lowest BCUT2D eigenvalue weighted by Crippen LogP contribution is -2.20. The largest absolute Gasteiger partial charge is 0.456 e. The third-order valence-electron chi connectivity index (χ3n) is 2.80. The Bertz CT molecular complexity index is 598. The summed E-state index contributed by atoms with van der Waals surface area (Å²) in [6.07, 6.45) is -1.30. The predicted octanol–water partition coefficient (Wildman–Crippen LogP) is 3.78. The zero-order valence-corrected chi connectivity index (χ0v) is 11.4. The molecule has 1 heterocycles. The van der Waals surface area contributed by atoms with Crippen LogP contribution < -0.4 is 10.5 Å². The smallest absolute Gasteiger partial charge is 0.416 e. The number of halogens is 3. The van der Waals surface area contributed by atoms with Gasteiger partial charge in [-0.2, -0.15) is 13.2 Å². The first-order valence-corrected chi connectivity index (χ1v) is 6.40. The second kappa shape index (κ2) is 6.13. The topological polar surface area (TPSA) is 48.1 Å². The number of pyridine rings is 1. The van der Waals surface area contributed by atoms with E-state index in [1.165, 1.54) is 18.3 Å². The maximum atomic E-state index is 13.1. The first-order chi connectivity index (χ1) is 9.86. The number of nitrogens with zero attached hydrogens (tertiary/aromatic N) is 1. The van der Waals surface area contributed by atoms with Crippen LogP contribution in [0.3, 0.4) is 0 Å². The molecule has 0 amide bonds. The van der Waals surface area contributed by atoms with Crippen LogP contribution in [0, 0.1) is 0 Å². The van der Waals surface area contributed by atoms with Crippen molar-refractivity contribution in [2.75, 3.05) is 0 Å². The zero-order valence-electron chi connectivity index (χ0n) is 11.4. The lowest BCUT2D eigenvalue weighted by Gasteiger charge is -2.16. The Balaban J connectivity index is 2.33. The fourth-order valence-corrected chi connectivity index (χ4v) is 1.95. The van der Waals surface area contributed by atoms with E-state index in [9.17, 15) is 13.2 Å². The molecule has 0 saturated carbocycles. The Morgan fingerprint density at radius 3 is 2.57 bits per heavy atom. The van der Waals surface area contributed by atoms with Gasteiger partial charge >= 0.3 is 6.18 Å². The first-order valence-electron chi connectivity index (χ1n) is 6.40. The normalized spacial score (nSPS) is 13.0. The summed E-state index contributed by atoms with van der Waals surface area (Å²) >= 11 is 0. The highest BCUT2D eigenvalue weighted by atomic mass is 19.4. The van der Waals surface area contributed by atoms with E-state index in [2.05, 4.69) is 4.98 Å². The zero-order chi connectivity index (χ0) is 15.5. The lowest BCUT2D eigenvalue weighted by molar-refractivity contribution is -0.138. The van der Waals surface area contributed by atoms with Crippen molar-refractivity contribution in [3.63, 3.8) is 0 Å². The maximum Gasteiger partial charge on any atom is 0.416 e. The van der Waals surface area contributed by atoms with Crippen molar-refractivity contribution in [1.82, 2.24) is 4.98 Å². The van der Waals surface area contributed by atoms with Crippen LogP contribution in [0.4, 0.5) is 13.2 Å². The minimum atomic E-state index is -4.45. The van der Waals surface area contributed by atoms with Crippen LogP contribution in [0.1, 0.15) is 18.1 Å². The maximum absolute atomic E-state index is 13.1. The van der Waals surface area contributed by atoms with Gasteiger partial charge in [0.2, 0.25) is 0 Å².